The van der Waals surface area contributed by atoms with Crippen LogP contribution < -0.4 is 0 Å². The minimum atomic E-state index is 0.231. The Morgan fingerprint density at radius 3 is 2.82 bits per heavy atom. The van der Waals surface area contributed by atoms with Crippen molar-refractivity contribution in [2.45, 2.75) is 38.4 Å². The summed E-state index contributed by atoms with van der Waals surface area (Å²) in [6.07, 6.45) is 7.72. The SMILES string of the molecule is C=CC[C@@H]1O[C@@H](Cc2ccccc2)CC=C1C. The van der Waals surface area contributed by atoms with Crippen LogP contribution in [0.15, 0.2) is 54.6 Å². The van der Waals surface area contributed by atoms with E-state index < -0.39 is 0 Å². The largest absolute Gasteiger partial charge is 0.370 e. The van der Waals surface area contributed by atoms with Gasteiger partial charge in [-0.15, -0.1) is 6.58 Å². The molecular weight excluding hydrogens is 208 g/mol. The highest BCUT2D eigenvalue weighted by Gasteiger charge is 2.21. The van der Waals surface area contributed by atoms with Crippen LogP contribution in [0.5, 0.6) is 0 Å². The van der Waals surface area contributed by atoms with E-state index in [0.717, 1.165) is 19.3 Å². The quantitative estimate of drug-likeness (QED) is 0.710. The van der Waals surface area contributed by atoms with E-state index in [1.165, 1.54) is 11.1 Å². The van der Waals surface area contributed by atoms with Crippen LogP contribution >= 0.6 is 0 Å². The maximum Gasteiger partial charge on any atom is 0.0820 e. The molecular formula is C16H20O. The predicted molar refractivity (Wildman–Crippen MR) is 72.0 cm³/mol. The number of ether oxygens (including phenoxy) is 1. The van der Waals surface area contributed by atoms with Crippen LogP contribution in [0.25, 0.3) is 0 Å². The van der Waals surface area contributed by atoms with Gasteiger partial charge >= 0.3 is 0 Å². The van der Waals surface area contributed by atoms with Gasteiger partial charge in [-0.05, 0) is 37.3 Å². The predicted octanol–water partition coefficient (Wildman–Crippen LogP) is 3.91. The van der Waals surface area contributed by atoms with E-state index >= 15 is 0 Å². The second kappa shape index (κ2) is 5.83. The van der Waals surface area contributed by atoms with Gasteiger partial charge in [0.15, 0.2) is 0 Å². The molecule has 0 fully saturated rings. The second-order valence-corrected chi connectivity index (χ2v) is 4.64. The van der Waals surface area contributed by atoms with E-state index in [0.29, 0.717) is 6.10 Å². The second-order valence-electron chi connectivity index (χ2n) is 4.64. The van der Waals surface area contributed by atoms with Crippen LogP contribution in [0.2, 0.25) is 0 Å². The van der Waals surface area contributed by atoms with E-state index in [1.54, 1.807) is 0 Å². The third kappa shape index (κ3) is 3.31. The van der Waals surface area contributed by atoms with E-state index in [1.807, 2.05) is 6.08 Å². The first-order chi connectivity index (χ1) is 8.29. The lowest BCUT2D eigenvalue weighted by molar-refractivity contribution is 0.00138. The highest BCUT2D eigenvalue weighted by Crippen LogP contribution is 2.23. The summed E-state index contributed by atoms with van der Waals surface area (Å²) in [7, 11) is 0. The molecule has 0 saturated carbocycles. The maximum atomic E-state index is 6.10. The van der Waals surface area contributed by atoms with Gasteiger partial charge in [0.1, 0.15) is 0 Å². The molecule has 17 heavy (non-hydrogen) atoms. The summed E-state index contributed by atoms with van der Waals surface area (Å²) in [4.78, 5) is 0. The topological polar surface area (TPSA) is 9.23 Å². The van der Waals surface area contributed by atoms with Crippen molar-refractivity contribution in [1.82, 2.24) is 0 Å². The standard InChI is InChI=1S/C16H20O/c1-3-7-16-13(2)10-11-15(17-16)12-14-8-5-4-6-9-14/h3-6,8-10,15-16H,1,7,11-12H2,2H3/t15-,16+/m1/s1. The summed E-state index contributed by atoms with van der Waals surface area (Å²) in [5.74, 6) is 0. The van der Waals surface area contributed by atoms with Gasteiger partial charge in [0.25, 0.3) is 0 Å². The zero-order chi connectivity index (χ0) is 12.1. The molecule has 0 saturated heterocycles. The monoisotopic (exact) mass is 228 g/mol. The zero-order valence-corrected chi connectivity index (χ0v) is 10.4. The van der Waals surface area contributed by atoms with Crippen LogP contribution in [0, 0.1) is 0 Å². The molecule has 2 rings (SSSR count). The summed E-state index contributed by atoms with van der Waals surface area (Å²) >= 11 is 0. The number of hydrogen-bond acceptors (Lipinski definition) is 1. The highest BCUT2D eigenvalue weighted by molar-refractivity contribution is 5.17. The molecule has 1 nitrogen and oxygen atoms in total. The lowest BCUT2D eigenvalue weighted by Gasteiger charge is -2.29. The molecule has 0 amide bonds. The Balaban J connectivity index is 1.98. The van der Waals surface area contributed by atoms with E-state index in [2.05, 4.69) is 49.9 Å². The molecule has 1 aliphatic rings. The van der Waals surface area contributed by atoms with E-state index in [4.69, 9.17) is 4.74 Å². The molecule has 1 aromatic rings. The van der Waals surface area contributed by atoms with Crippen molar-refractivity contribution in [2.75, 3.05) is 0 Å². The third-order valence-corrected chi connectivity index (χ3v) is 3.25. The Hall–Kier alpha value is -1.34. The van der Waals surface area contributed by atoms with Gasteiger partial charge in [-0.2, -0.15) is 0 Å². The van der Waals surface area contributed by atoms with Crippen molar-refractivity contribution in [2.24, 2.45) is 0 Å². The first kappa shape index (κ1) is 12.1. The summed E-state index contributed by atoms with van der Waals surface area (Å²) < 4.78 is 6.10. The fourth-order valence-electron chi connectivity index (χ4n) is 2.25. The van der Waals surface area contributed by atoms with Crippen LogP contribution in [0.4, 0.5) is 0 Å². The van der Waals surface area contributed by atoms with Crippen molar-refractivity contribution < 1.29 is 4.74 Å². The molecule has 2 atom stereocenters. The van der Waals surface area contributed by atoms with Gasteiger partial charge in [0.05, 0.1) is 12.2 Å². The van der Waals surface area contributed by atoms with Gasteiger partial charge in [-0.1, -0.05) is 42.5 Å². The molecule has 0 aromatic heterocycles. The average molecular weight is 228 g/mol. The fourth-order valence-corrected chi connectivity index (χ4v) is 2.25. The molecule has 1 heteroatoms. The Labute approximate surface area is 104 Å². The Morgan fingerprint density at radius 2 is 2.12 bits per heavy atom. The van der Waals surface area contributed by atoms with Crippen molar-refractivity contribution >= 4 is 0 Å². The van der Waals surface area contributed by atoms with Crippen molar-refractivity contribution in [1.29, 1.82) is 0 Å². The molecule has 0 bridgehead atoms. The van der Waals surface area contributed by atoms with Crippen LogP contribution in [-0.4, -0.2) is 12.2 Å². The van der Waals surface area contributed by atoms with Crippen molar-refractivity contribution in [3.63, 3.8) is 0 Å². The summed E-state index contributed by atoms with van der Waals surface area (Å²) in [6, 6.07) is 10.5. The highest BCUT2D eigenvalue weighted by atomic mass is 16.5. The number of hydrogen-bond donors (Lipinski definition) is 0. The van der Waals surface area contributed by atoms with Crippen molar-refractivity contribution in [3.8, 4) is 0 Å². The minimum Gasteiger partial charge on any atom is -0.370 e. The van der Waals surface area contributed by atoms with Gasteiger partial charge in [-0.25, -0.2) is 0 Å². The molecule has 0 aliphatic carbocycles. The van der Waals surface area contributed by atoms with Crippen LogP contribution in [0.3, 0.4) is 0 Å². The zero-order valence-electron chi connectivity index (χ0n) is 10.4. The maximum absolute atomic E-state index is 6.10. The average Bonchev–Trinajstić information content (AvgIpc) is 2.35. The molecule has 90 valence electrons. The number of benzene rings is 1. The normalized spacial score (nSPS) is 24.2. The Kier molecular flexibility index (Phi) is 4.16. The molecule has 0 radical (unpaired) electrons. The van der Waals surface area contributed by atoms with E-state index in [9.17, 15) is 0 Å². The Morgan fingerprint density at radius 1 is 1.35 bits per heavy atom. The van der Waals surface area contributed by atoms with Gasteiger partial charge < -0.3 is 4.74 Å². The molecule has 0 N–H and O–H groups in total. The van der Waals surface area contributed by atoms with E-state index in [-0.39, 0.29) is 6.10 Å². The molecule has 0 unspecified atom stereocenters. The van der Waals surface area contributed by atoms with Gasteiger partial charge in [0.2, 0.25) is 0 Å². The van der Waals surface area contributed by atoms with Crippen LogP contribution in [-0.2, 0) is 11.2 Å². The lowest BCUT2D eigenvalue weighted by Crippen LogP contribution is -2.28. The molecule has 1 aromatic carbocycles. The summed E-state index contributed by atoms with van der Waals surface area (Å²) in [6.45, 7) is 5.94. The fraction of sp³-hybridized carbons (Fsp3) is 0.375. The molecule has 1 heterocycles. The molecule has 1 aliphatic heterocycles. The van der Waals surface area contributed by atoms with Crippen LogP contribution in [0.1, 0.15) is 25.3 Å². The van der Waals surface area contributed by atoms with Crippen molar-refractivity contribution in [3.05, 3.63) is 60.2 Å². The smallest absolute Gasteiger partial charge is 0.0820 e. The summed E-state index contributed by atoms with van der Waals surface area (Å²) in [5, 5.41) is 0. The molecule has 0 spiro atoms. The first-order valence-electron chi connectivity index (χ1n) is 6.26. The summed E-state index contributed by atoms with van der Waals surface area (Å²) in [5.41, 5.74) is 2.69. The first-order valence-corrected chi connectivity index (χ1v) is 6.26. The lowest BCUT2D eigenvalue weighted by atomic mass is 9.98. The third-order valence-electron chi connectivity index (χ3n) is 3.25. The minimum absolute atomic E-state index is 0.231. The number of rotatable bonds is 4. The van der Waals surface area contributed by atoms with Gasteiger partial charge in [-0.3, -0.25) is 0 Å². The Bertz CT molecular complexity index is 391. The van der Waals surface area contributed by atoms with Gasteiger partial charge in [0, 0.05) is 0 Å².